The van der Waals surface area contributed by atoms with Gasteiger partial charge in [0.15, 0.2) is 5.82 Å². The van der Waals surface area contributed by atoms with Gasteiger partial charge in [-0.25, -0.2) is 15.0 Å². The summed E-state index contributed by atoms with van der Waals surface area (Å²) in [5, 5.41) is 3.44. The maximum atomic E-state index is 5.43. The summed E-state index contributed by atoms with van der Waals surface area (Å²) in [6, 6.07) is 7.96. The quantitative estimate of drug-likeness (QED) is 0.747. The van der Waals surface area contributed by atoms with Crippen LogP contribution in [-0.4, -0.2) is 46.2 Å². The predicted molar refractivity (Wildman–Crippen MR) is 110 cm³/mol. The second kappa shape index (κ2) is 7.90. The van der Waals surface area contributed by atoms with E-state index in [1.807, 2.05) is 39.0 Å². The van der Waals surface area contributed by atoms with Gasteiger partial charge in [0.1, 0.15) is 11.6 Å². The highest BCUT2D eigenvalue weighted by molar-refractivity contribution is 5.66. The van der Waals surface area contributed by atoms with Gasteiger partial charge in [-0.3, -0.25) is 4.98 Å². The fraction of sp³-hybridized carbons (Fsp3) is 0.333. The monoisotopic (exact) mass is 376 g/mol. The summed E-state index contributed by atoms with van der Waals surface area (Å²) in [6.07, 6.45) is 3.52. The standard InChI is InChI=1S/C21H24N6O/c1-14-15(2)24-21(17-5-4-8-22-13-17)26-20(14)25-18-6-7-19(23-16(18)3)27-9-11-28-12-10-27/h4-8,13H,9-12H2,1-3H3,(H,24,25,26). The van der Waals surface area contributed by atoms with Crippen molar-refractivity contribution in [1.29, 1.82) is 0 Å². The van der Waals surface area contributed by atoms with E-state index in [0.717, 1.165) is 66.1 Å². The zero-order valence-electron chi connectivity index (χ0n) is 16.4. The summed E-state index contributed by atoms with van der Waals surface area (Å²) < 4.78 is 5.43. The molecule has 0 bridgehead atoms. The van der Waals surface area contributed by atoms with Crippen molar-refractivity contribution in [2.75, 3.05) is 36.5 Å². The first-order valence-corrected chi connectivity index (χ1v) is 9.45. The van der Waals surface area contributed by atoms with Crippen LogP contribution in [0.15, 0.2) is 36.7 Å². The lowest BCUT2D eigenvalue weighted by atomic mass is 10.2. The molecule has 0 unspecified atom stereocenters. The molecule has 4 heterocycles. The van der Waals surface area contributed by atoms with Gasteiger partial charge in [-0.15, -0.1) is 0 Å². The molecule has 1 N–H and O–H groups in total. The highest BCUT2D eigenvalue weighted by atomic mass is 16.5. The predicted octanol–water partition coefficient (Wildman–Crippen LogP) is 3.44. The molecule has 28 heavy (non-hydrogen) atoms. The molecule has 1 aliphatic rings. The van der Waals surface area contributed by atoms with E-state index in [1.165, 1.54) is 0 Å². The van der Waals surface area contributed by atoms with Crippen molar-refractivity contribution in [1.82, 2.24) is 19.9 Å². The molecular formula is C21H24N6O. The number of ether oxygens (including phenoxy) is 1. The maximum Gasteiger partial charge on any atom is 0.163 e. The van der Waals surface area contributed by atoms with Crippen LogP contribution in [0, 0.1) is 20.8 Å². The molecular weight excluding hydrogens is 352 g/mol. The molecule has 1 fully saturated rings. The third-order valence-electron chi connectivity index (χ3n) is 4.97. The van der Waals surface area contributed by atoms with Gasteiger partial charge in [-0.1, -0.05) is 0 Å². The van der Waals surface area contributed by atoms with Gasteiger partial charge in [-0.2, -0.15) is 0 Å². The molecule has 3 aromatic rings. The maximum absolute atomic E-state index is 5.43. The van der Waals surface area contributed by atoms with Crippen LogP contribution in [0.2, 0.25) is 0 Å². The summed E-state index contributed by atoms with van der Waals surface area (Å²) in [4.78, 5) is 20.6. The molecule has 0 atom stereocenters. The average molecular weight is 376 g/mol. The zero-order valence-corrected chi connectivity index (χ0v) is 16.4. The van der Waals surface area contributed by atoms with Crippen molar-refractivity contribution in [3.63, 3.8) is 0 Å². The second-order valence-corrected chi connectivity index (χ2v) is 6.87. The van der Waals surface area contributed by atoms with Crippen molar-refractivity contribution < 1.29 is 4.74 Å². The molecule has 1 aliphatic heterocycles. The van der Waals surface area contributed by atoms with Gasteiger partial charge in [0, 0.05) is 42.3 Å². The van der Waals surface area contributed by atoms with Crippen LogP contribution < -0.4 is 10.2 Å². The Labute approximate surface area is 164 Å². The largest absolute Gasteiger partial charge is 0.378 e. The van der Waals surface area contributed by atoms with Crippen molar-refractivity contribution in [3.8, 4) is 11.4 Å². The van der Waals surface area contributed by atoms with E-state index >= 15 is 0 Å². The highest BCUT2D eigenvalue weighted by Gasteiger charge is 2.15. The van der Waals surface area contributed by atoms with Gasteiger partial charge in [0.2, 0.25) is 0 Å². The minimum absolute atomic E-state index is 0.661. The number of anilines is 3. The molecule has 0 radical (unpaired) electrons. The Morgan fingerprint density at radius 2 is 1.79 bits per heavy atom. The molecule has 0 saturated carbocycles. The Kier molecular flexibility index (Phi) is 5.16. The van der Waals surface area contributed by atoms with Crippen LogP contribution >= 0.6 is 0 Å². The van der Waals surface area contributed by atoms with Crippen LogP contribution in [0.3, 0.4) is 0 Å². The number of aryl methyl sites for hydroxylation is 2. The van der Waals surface area contributed by atoms with Crippen LogP contribution in [-0.2, 0) is 4.74 Å². The van der Waals surface area contributed by atoms with Crippen LogP contribution in [0.25, 0.3) is 11.4 Å². The van der Waals surface area contributed by atoms with Gasteiger partial charge in [0.25, 0.3) is 0 Å². The van der Waals surface area contributed by atoms with E-state index in [9.17, 15) is 0 Å². The highest BCUT2D eigenvalue weighted by Crippen LogP contribution is 2.26. The summed E-state index contributed by atoms with van der Waals surface area (Å²) in [7, 11) is 0. The number of morpholine rings is 1. The van der Waals surface area contributed by atoms with Crippen LogP contribution in [0.5, 0.6) is 0 Å². The zero-order chi connectivity index (χ0) is 19.5. The molecule has 0 aromatic carbocycles. The second-order valence-electron chi connectivity index (χ2n) is 6.87. The number of rotatable bonds is 4. The lowest BCUT2D eigenvalue weighted by Gasteiger charge is -2.28. The van der Waals surface area contributed by atoms with Gasteiger partial charge < -0.3 is 15.0 Å². The lowest BCUT2D eigenvalue weighted by Crippen LogP contribution is -2.36. The first-order valence-electron chi connectivity index (χ1n) is 9.45. The van der Waals surface area contributed by atoms with E-state index in [2.05, 4.69) is 26.3 Å². The minimum Gasteiger partial charge on any atom is -0.378 e. The SMILES string of the molecule is Cc1nc(N2CCOCC2)ccc1Nc1nc(-c2cccnc2)nc(C)c1C. The number of nitrogens with zero attached hydrogens (tertiary/aromatic N) is 5. The summed E-state index contributed by atoms with van der Waals surface area (Å²) in [5.74, 6) is 2.43. The molecule has 3 aromatic heterocycles. The van der Waals surface area contributed by atoms with Gasteiger partial charge in [-0.05, 0) is 45.0 Å². The summed E-state index contributed by atoms with van der Waals surface area (Å²) in [6.45, 7) is 9.27. The lowest BCUT2D eigenvalue weighted by molar-refractivity contribution is 0.122. The van der Waals surface area contributed by atoms with E-state index < -0.39 is 0 Å². The number of pyridine rings is 2. The third-order valence-corrected chi connectivity index (χ3v) is 4.97. The van der Waals surface area contributed by atoms with Crippen molar-refractivity contribution in [2.24, 2.45) is 0 Å². The van der Waals surface area contributed by atoms with Crippen molar-refractivity contribution >= 4 is 17.3 Å². The van der Waals surface area contributed by atoms with Crippen LogP contribution in [0.1, 0.15) is 17.0 Å². The number of aromatic nitrogens is 4. The third kappa shape index (κ3) is 3.80. The smallest absolute Gasteiger partial charge is 0.163 e. The first-order chi connectivity index (χ1) is 13.6. The van der Waals surface area contributed by atoms with Crippen molar-refractivity contribution in [2.45, 2.75) is 20.8 Å². The molecule has 0 amide bonds. The van der Waals surface area contributed by atoms with E-state index in [-0.39, 0.29) is 0 Å². The molecule has 1 saturated heterocycles. The van der Waals surface area contributed by atoms with Gasteiger partial charge >= 0.3 is 0 Å². The van der Waals surface area contributed by atoms with E-state index in [0.29, 0.717) is 5.82 Å². The Hall–Kier alpha value is -3.06. The Morgan fingerprint density at radius 1 is 0.964 bits per heavy atom. The number of hydrogen-bond donors (Lipinski definition) is 1. The molecule has 4 rings (SSSR count). The average Bonchev–Trinajstić information content (AvgIpc) is 2.74. The van der Waals surface area contributed by atoms with E-state index in [4.69, 9.17) is 14.7 Å². The fourth-order valence-corrected chi connectivity index (χ4v) is 3.15. The Bertz CT molecular complexity index is 970. The Morgan fingerprint density at radius 3 is 2.50 bits per heavy atom. The van der Waals surface area contributed by atoms with E-state index in [1.54, 1.807) is 12.4 Å². The Balaban J connectivity index is 1.62. The molecule has 7 nitrogen and oxygen atoms in total. The number of nitrogens with one attached hydrogen (secondary N) is 1. The molecule has 0 aliphatic carbocycles. The minimum atomic E-state index is 0.661. The van der Waals surface area contributed by atoms with Crippen LogP contribution in [0.4, 0.5) is 17.3 Å². The molecule has 144 valence electrons. The fourth-order valence-electron chi connectivity index (χ4n) is 3.15. The number of hydrogen-bond acceptors (Lipinski definition) is 7. The first kappa shape index (κ1) is 18.3. The normalized spacial score (nSPS) is 14.2. The van der Waals surface area contributed by atoms with Gasteiger partial charge in [0.05, 0.1) is 24.6 Å². The summed E-state index contributed by atoms with van der Waals surface area (Å²) in [5.41, 5.74) is 4.72. The van der Waals surface area contributed by atoms with Crippen molar-refractivity contribution in [3.05, 3.63) is 53.6 Å². The molecule has 0 spiro atoms. The summed E-state index contributed by atoms with van der Waals surface area (Å²) >= 11 is 0. The topological polar surface area (TPSA) is 76.1 Å². The molecule has 7 heteroatoms.